The molecule has 0 aliphatic rings. The maximum Gasteiger partial charge on any atom is 0.326 e. The molecule has 4 heteroatoms. The van der Waals surface area contributed by atoms with Crippen LogP contribution >= 0.6 is 0 Å². The Bertz CT molecular complexity index is 237. The Morgan fingerprint density at radius 1 is 1.18 bits per heavy atom. The minimum absolute atomic E-state index is 0.137. The van der Waals surface area contributed by atoms with Crippen molar-refractivity contribution in [3.8, 4) is 0 Å². The lowest BCUT2D eigenvalue weighted by molar-refractivity contribution is -0.142. The van der Waals surface area contributed by atoms with Crippen molar-refractivity contribution in [3.05, 3.63) is 0 Å². The van der Waals surface area contributed by atoms with E-state index >= 15 is 0 Å². The van der Waals surface area contributed by atoms with Crippen LogP contribution in [0.25, 0.3) is 0 Å². The van der Waals surface area contributed by atoms with Crippen LogP contribution in [0.15, 0.2) is 0 Å². The Hall–Kier alpha value is -1.06. The lowest BCUT2D eigenvalue weighted by Gasteiger charge is -2.16. The molecule has 4 nitrogen and oxygen atoms in total. The minimum atomic E-state index is -0.934. The van der Waals surface area contributed by atoms with E-state index in [2.05, 4.69) is 5.32 Å². The summed E-state index contributed by atoms with van der Waals surface area (Å²) in [5, 5.41) is 11.6. The molecule has 0 spiro atoms. The zero-order valence-corrected chi connectivity index (χ0v) is 11.2. The van der Waals surface area contributed by atoms with Crippen LogP contribution in [0.1, 0.15) is 59.3 Å². The molecule has 2 N–H and O–H groups in total. The van der Waals surface area contributed by atoms with Crippen molar-refractivity contribution < 1.29 is 14.7 Å². The van der Waals surface area contributed by atoms with Gasteiger partial charge in [-0.2, -0.15) is 0 Å². The van der Waals surface area contributed by atoms with E-state index < -0.39 is 12.0 Å². The van der Waals surface area contributed by atoms with Crippen LogP contribution in [0.5, 0.6) is 0 Å². The van der Waals surface area contributed by atoms with Gasteiger partial charge in [-0.25, -0.2) is 4.79 Å². The molecule has 0 aliphatic heterocycles. The predicted molar refractivity (Wildman–Crippen MR) is 67.8 cm³/mol. The summed E-state index contributed by atoms with van der Waals surface area (Å²) in [6.45, 7) is 6.10. The van der Waals surface area contributed by atoms with Gasteiger partial charge in [0.05, 0.1) is 0 Å². The van der Waals surface area contributed by atoms with Gasteiger partial charge in [0.15, 0.2) is 0 Å². The summed E-state index contributed by atoms with van der Waals surface area (Å²) in [5.41, 5.74) is 0. The van der Waals surface area contributed by atoms with E-state index in [0.29, 0.717) is 18.8 Å². The minimum Gasteiger partial charge on any atom is -0.480 e. The molecule has 0 aliphatic carbocycles. The van der Waals surface area contributed by atoms with Gasteiger partial charge in [0.2, 0.25) is 5.91 Å². The Labute approximate surface area is 104 Å². The van der Waals surface area contributed by atoms with Crippen LogP contribution in [-0.2, 0) is 9.59 Å². The Morgan fingerprint density at radius 3 is 2.18 bits per heavy atom. The van der Waals surface area contributed by atoms with E-state index in [-0.39, 0.29) is 5.91 Å². The lowest BCUT2D eigenvalue weighted by Crippen LogP contribution is -2.41. The molecule has 1 amide bonds. The molecular weight excluding hydrogens is 218 g/mol. The summed E-state index contributed by atoms with van der Waals surface area (Å²) in [7, 11) is 0. The normalized spacial score (nSPS) is 12.5. The highest BCUT2D eigenvalue weighted by atomic mass is 16.4. The monoisotopic (exact) mass is 243 g/mol. The first-order chi connectivity index (χ1) is 8.04. The lowest BCUT2D eigenvalue weighted by atomic mass is 9.99. The number of carbonyl (C=O) groups is 2. The second-order valence-electron chi connectivity index (χ2n) is 4.49. The second kappa shape index (κ2) is 9.02. The molecule has 0 heterocycles. The van der Waals surface area contributed by atoms with Gasteiger partial charge in [-0.1, -0.05) is 46.5 Å². The highest BCUT2D eigenvalue weighted by molar-refractivity contribution is 5.83. The quantitative estimate of drug-likeness (QED) is 0.654. The fourth-order valence-corrected chi connectivity index (χ4v) is 1.76. The number of carboxylic acids is 1. The molecule has 0 fully saturated rings. The summed E-state index contributed by atoms with van der Waals surface area (Å²) in [6.07, 6.45) is 4.62. The SMILES string of the molecule is CCCC[C@H](NC(=O)CC(CC)CC)C(=O)O. The molecule has 0 bridgehead atoms. The van der Waals surface area contributed by atoms with Crippen LogP contribution in [-0.4, -0.2) is 23.0 Å². The first kappa shape index (κ1) is 15.9. The zero-order valence-electron chi connectivity index (χ0n) is 11.2. The summed E-state index contributed by atoms with van der Waals surface area (Å²) < 4.78 is 0. The first-order valence-corrected chi connectivity index (χ1v) is 6.57. The van der Waals surface area contributed by atoms with Crippen LogP contribution in [0.4, 0.5) is 0 Å². The van der Waals surface area contributed by atoms with E-state index in [0.717, 1.165) is 25.7 Å². The number of carbonyl (C=O) groups excluding carboxylic acids is 1. The van der Waals surface area contributed by atoms with Crippen molar-refractivity contribution >= 4 is 11.9 Å². The Kier molecular flexibility index (Phi) is 8.46. The number of hydrogen-bond donors (Lipinski definition) is 2. The predicted octanol–water partition coefficient (Wildman–Crippen LogP) is 2.57. The molecule has 0 aromatic heterocycles. The Balaban J connectivity index is 4.15. The van der Waals surface area contributed by atoms with Crippen molar-refractivity contribution in [3.63, 3.8) is 0 Å². The van der Waals surface area contributed by atoms with Gasteiger partial charge in [0.25, 0.3) is 0 Å². The van der Waals surface area contributed by atoms with Crippen molar-refractivity contribution in [2.75, 3.05) is 0 Å². The van der Waals surface area contributed by atoms with E-state index in [1.54, 1.807) is 0 Å². The molecule has 0 aromatic rings. The van der Waals surface area contributed by atoms with E-state index in [4.69, 9.17) is 5.11 Å². The molecule has 0 aromatic carbocycles. The molecular formula is C13H25NO3. The van der Waals surface area contributed by atoms with E-state index in [1.165, 1.54) is 0 Å². The summed E-state index contributed by atoms with van der Waals surface area (Å²) >= 11 is 0. The van der Waals surface area contributed by atoms with E-state index in [9.17, 15) is 9.59 Å². The summed E-state index contributed by atoms with van der Waals surface area (Å²) in [6, 6.07) is -0.725. The third-order valence-corrected chi connectivity index (χ3v) is 3.11. The average Bonchev–Trinajstić information content (AvgIpc) is 2.30. The molecule has 0 radical (unpaired) electrons. The van der Waals surface area contributed by atoms with Crippen molar-refractivity contribution in [2.45, 2.75) is 65.3 Å². The third-order valence-electron chi connectivity index (χ3n) is 3.11. The number of amides is 1. The molecule has 0 saturated carbocycles. The number of carboxylic acid groups (broad SMARTS) is 1. The molecule has 100 valence electrons. The summed E-state index contributed by atoms with van der Waals surface area (Å²) in [4.78, 5) is 22.6. The number of rotatable bonds is 9. The second-order valence-corrected chi connectivity index (χ2v) is 4.49. The number of unbranched alkanes of at least 4 members (excludes halogenated alkanes) is 1. The van der Waals surface area contributed by atoms with Crippen LogP contribution < -0.4 is 5.32 Å². The van der Waals surface area contributed by atoms with Crippen LogP contribution in [0.2, 0.25) is 0 Å². The molecule has 0 rings (SSSR count). The van der Waals surface area contributed by atoms with Gasteiger partial charge >= 0.3 is 5.97 Å². The van der Waals surface area contributed by atoms with Crippen LogP contribution in [0, 0.1) is 5.92 Å². The highest BCUT2D eigenvalue weighted by Crippen LogP contribution is 2.12. The zero-order chi connectivity index (χ0) is 13.3. The third kappa shape index (κ3) is 6.97. The van der Waals surface area contributed by atoms with Gasteiger partial charge in [-0.15, -0.1) is 0 Å². The first-order valence-electron chi connectivity index (χ1n) is 6.57. The van der Waals surface area contributed by atoms with E-state index in [1.807, 2.05) is 20.8 Å². The summed E-state index contributed by atoms with van der Waals surface area (Å²) in [5.74, 6) is -0.714. The van der Waals surface area contributed by atoms with Gasteiger partial charge in [0, 0.05) is 6.42 Å². The van der Waals surface area contributed by atoms with Gasteiger partial charge in [-0.3, -0.25) is 4.79 Å². The smallest absolute Gasteiger partial charge is 0.326 e. The average molecular weight is 243 g/mol. The largest absolute Gasteiger partial charge is 0.480 e. The van der Waals surface area contributed by atoms with Gasteiger partial charge in [0.1, 0.15) is 6.04 Å². The van der Waals surface area contributed by atoms with Gasteiger partial charge < -0.3 is 10.4 Å². The molecule has 0 saturated heterocycles. The maximum absolute atomic E-state index is 11.7. The number of nitrogens with one attached hydrogen (secondary N) is 1. The molecule has 0 unspecified atom stereocenters. The van der Waals surface area contributed by atoms with Crippen molar-refractivity contribution in [1.29, 1.82) is 0 Å². The number of hydrogen-bond acceptors (Lipinski definition) is 2. The number of aliphatic carboxylic acids is 1. The highest BCUT2D eigenvalue weighted by Gasteiger charge is 2.20. The topological polar surface area (TPSA) is 66.4 Å². The van der Waals surface area contributed by atoms with Crippen molar-refractivity contribution in [1.82, 2.24) is 5.32 Å². The fourth-order valence-electron chi connectivity index (χ4n) is 1.76. The molecule has 17 heavy (non-hydrogen) atoms. The molecule has 1 atom stereocenters. The fraction of sp³-hybridized carbons (Fsp3) is 0.846. The maximum atomic E-state index is 11.7. The Morgan fingerprint density at radius 2 is 1.76 bits per heavy atom. The standard InChI is InChI=1S/C13H25NO3/c1-4-7-8-11(13(16)17)14-12(15)9-10(5-2)6-3/h10-11H,4-9H2,1-3H3,(H,14,15)(H,16,17)/t11-/m0/s1. The van der Waals surface area contributed by atoms with Crippen LogP contribution in [0.3, 0.4) is 0 Å². The van der Waals surface area contributed by atoms with Gasteiger partial charge in [-0.05, 0) is 12.3 Å². The van der Waals surface area contributed by atoms with Crippen molar-refractivity contribution in [2.24, 2.45) is 5.92 Å².